The van der Waals surface area contributed by atoms with Crippen LogP contribution in [0.2, 0.25) is 0 Å². The second-order valence-electron chi connectivity index (χ2n) is 8.59. The zero-order chi connectivity index (χ0) is 20.6. The van der Waals surface area contributed by atoms with Gasteiger partial charge in [-0.3, -0.25) is 14.4 Å². The first-order valence-electron chi connectivity index (χ1n) is 9.58. The molecule has 1 aromatic carbocycles. The van der Waals surface area contributed by atoms with Crippen LogP contribution < -0.4 is 5.32 Å². The maximum Gasteiger partial charge on any atom is 0.312 e. The number of carbonyl (C=O) groups excluding carboxylic acids is 3. The van der Waals surface area contributed by atoms with Crippen molar-refractivity contribution in [3.8, 4) is 0 Å². The van der Waals surface area contributed by atoms with Gasteiger partial charge in [0.2, 0.25) is 0 Å². The van der Waals surface area contributed by atoms with Crippen LogP contribution >= 0.6 is 0 Å². The Morgan fingerprint density at radius 2 is 1.64 bits per heavy atom. The lowest BCUT2D eigenvalue weighted by Crippen LogP contribution is -2.62. The summed E-state index contributed by atoms with van der Waals surface area (Å²) in [4.78, 5) is 44.4. The van der Waals surface area contributed by atoms with Crippen molar-refractivity contribution in [1.82, 2.24) is 20.1 Å². The molecule has 2 atom stereocenters. The van der Waals surface area contributed by atoms with Crippen molar-refractivity contribution in [2.45, 2.75) is 52.2 Å². The third-order valence-corrected chi connectivity index (χ3v) is 4.95. The maximum atomic E-state index is 13.0. The van der Waals surface area contributed by atoms with Gasteiger partial charge < -0.3 is 20.1 Å². The van der Waals surface area contributed by atoms with Crippen molar-refractivity contribution in [1.29, 1.82) is 0 Å². The summed E-state index contributed by atoms with van der Waals surface area (Å²) in [6.45, 7) is 9.96. The molecular weight excluding hydrogens is 356 g/mol. The fourth-order valence-corrected chi connectivity index (χ4v) is 3.56. The van der Waals surface area contributed by atoms with Crippen molar-refractivity contribution in [3.05, 3.63) is 36.0 Å². The Balaban J connectivity index is 1.73. The number of H-pyrrole nitrogens is 1. The number of benzene rings is 1. The molecule has 28 heavy (non-hydrogen) atoms. The number of hydrogen-bond donors (Lipinski definition) is 2. The van der Waals surface area contributed by atoms with Gasteiger partial charge in [0.15, 0.2) is 0 Å². The fourth-order valence-electron chi connectivity index (χ4n) is 3.56. The van der Waals surface area contributed by atoms with Gasteiger partial charge in [-0.05, 0) is 46.8 Å². The van der Waals surface area contributed by atoms with Gasteiger partial charge in [-0.1, -0.05) is 18.2 Å². The molecule has 1 aliphatic heterocycles. The average Bonchev–Trinajstić information content (AvgIpc) is 3.04. The Hall–Kier alpha value is -2.83. The second-order valence-corrected chi connectivity index (χ2v) is 8.59. The van der Waals surface area contributed by atoms with E-state index in [-0.39, 0.29) is 18.0 Å². The number of hydrogen-bond acceptors (Lipinski definition) is 3. The van der Waals surface area contributed by atoms with E-state index < -0.39 is 17.4 Å². The van der Waals surface area contributed by atoms with Crippen LogP contribution in [0.25, 0.3) is 10.9 Å². The van der Waals surface area contributed by atoms with Crippen molar-refractivity contribution in [3.63, 3.8) is 0 Å². The lowest BCUT2D eigenvalue weighted by atomic mass is 10.1. The molecule has 2 N–H and O–H groups in total. The molecule has 0 saturated carbocycles. The van der Waals surface area contributed by atoms with E-state index in [1.54, 1.807) is 9.80 Å². The average molecular weight is 384 g/mol. The lowest BCUT2D eigenvalue weighted by Gasteiger charge is -2.43. The van der Waals surface area contributed by atoms with Gasteiger partial charge in [-0.25, -0.2) is 0 Å². The standard InChI is InChI=1S/C21H28N4O3/c1-13-12-25(20(28)18(26)23-21(3,4)5)14(2)11-24(13)19(27)17-10-15-8-6-7-9-16(15)22-17/h6-10,13-14,22H,11-12H2,1-5H3,(H,23,26)/t13-,14+/m1/s1. The van der Waals surface area contributed by atoms with Crippen molar-refractivity contribution in [2.75, 3.05) is 13.1 Å². The van der Waals surface area contributed by atoms with Gasteiger partial charge in [0.05, 0.1) is 0 Å². The first-order valence-corrected chi connectivity index (χ1v) is 9.58. The Labute approximate surface area is 165 Å². The van der Waals surface area contributed by atoms with Gasteiger partial charge in [-0.15, -0.1) is 0 Å². The Morgan fingerprint density at radius 1 is 1.04 bits per heavy atom. The first kappa shape index (κ1) is 19.9. The molecule has 1 aliphatic rings. The highest BCUT2D eigenvalue weighted by atomic mass is 16.2. The highest BCUT2D eigenvalue weighted by Gasteiger charge is 2.37. The Morgan fingerprint density at radius 3 is 2.29 bits per heavy atom. The summed E-state index contributed by atoms with van der Waals surface area (Å²) in [7, 11) is 0. The predicted octanol–water partition coefficient (Wildman–Crippen LogP) is 2.14. The molecule has 3 rings (SSSR count). The summed E-state index contributed by atoms with van der Waals surface area (Å²) in [5.41, 5.74) is 0.972. The first-order chi connectivity index (χ1) is 13.1. The summed E-state index contributed by atoms with van der Waals surface area (Å²) in [5, 5.41) is 3.70. The highest BCUT2D eigenvalue weighted by Crippen LogP contribution is 2.21. The van der Waals surface area contributed by atoms with Crippen LogP contribution in [0.15, 0.2) is 30.3 Å². The van der Waals surface area contributed by atoms with Crippen LogP contribution in [0.3, 0.4) is 0 Å². The molecular formula is C21H28N4O3. The molecule has 1 saturated heterocycles. The molecule has 0 aliphatic carbocycles. The topological polar surface area (TPSA) is 85.5 Å². The molecule has 0 bridgehead atoms. The van der Waals surface area contributed by atoms with E-state index in [9.17, 15) is 14.4 Å². The molecule has 150 valence electrons. The molecule has 2 aromatic rings. The van der Waals surface area contributed by atoms with E-state index in [0.717, 1.165) is 10.9 Å². The van der Waals surface area contributed by atoms with Gasteiger partial charge >= 0.3 is 11.8 Å². The number of fused-ring (bicyclic) bond motifs is 1. The van der Waals surface area contributed by atoms with Crippen LogP contribution in [0, 0.1) is 0 Å². The minimum atomic E-state index is -0.609. The molecule has 1 aromatic heterocycles. The van der Waals surface area contributed by atoms with Crippen LogP contribution in [0.5, 0.6) is 0 Å². The van der Waals surface area contributed by atoms with Gasteiger partial charge in [0.25, 0.3) is 5.91 Å². The van der Waals surface area contributed by atoms with E-state index >= 15 is 0 Å². The molecule has 7 nitrogen and oxygen atoms in total. The number of nitrogens with zero attached hydrogens (tertiary/aromatic N) is 2. The van der Waals surface area contributed by atoms with Crippen molar-refractivity contribution < 1.29 is 14.4 Å². The molecule has 7 heteroatoms. The molecule has 0 radical (unpaired) electrons. The summed E-state index contributed by atoms with van der Waals surface area (Å²) >= 11 is 0. The number of aromatic amines is 1. The van der Waals surface area contributed by atoms with E-state index in [1.807, 2.05) is 65.0 Å². The monoisotopic (exact) mass is 384 g/mol. The van der Waals surface area contributed by atoms with Gasteiger partial charge in [0.1, 0.15) is 5.69 Å². The Kier molecular flexibility index (Phi) is 5.19. The second kappa shape index (κ2) is 7.30. The van der Waals surface area contributed by atoms with E-state index in [2.05, 4.69) is 10.3 Å². The number of aromatic nitrogens is 1. The quantitative estimate of drug-likeness (QED) is 0.739. The smallest absolute Gasteiger partial charge is 0.312 e. The summed E-state index contributed by atoms with van der Waals surface area (Å²) in [6, 6.07) is 9.15. The number of rotatable bonds is 1. The number of carbonyl (C=O) groups is 3. The summed E-state index contributed by atoms with van der Waals surface area (Å²) in [6.07, 6.45) is 0. The summed E-state index contributed by atoms with van der Waals surface area (Å²) < 4.78 is 0. The van der Waals surface area contributed by atoms with Crippen LogP contribution in [-0.2, 0) is 9.59 Å². The molecule has 2 heterocycles. The van der Waals surface area contributed by atoms with E-state index in [4.69, 9.17) is 0 Å². The number of amides is 3. The third kappa shape index (κ3) is 4.03. The largest absolute Gasteiger partial charge is 0.351 e. The minimum Gasteiger partial charge on any atom is -0.351 e. The van der Waals surface area contributed by atoms with Crippen LogP contribution in [-0.4, -0.2) is 63.2 Å². The van der Waals surface area contributed by atoms with Crippen molar-refractivity contribution >= 4 is 28.6 Å². The maximum absolute atomic E-state index is 13.0. The zero-order valence-electron chi connectivity index (χ0n) is 17.1. The minimum absolute atomic E-state index is 0.0956. The number of nitrogens with one attached hydrogen (secondary N) is 2. The summed E-state index contributed by atoms with van der Waals surface area (Å²) in [5.74, 6) is -1.25. The van der Waals surface area contributed by atoms with Crippen LogP contribution in [0.4, 0.5) is 0 Å². The number of piperazine rings is 1. The lowest BCUT2D eigenvalue weighted by molar-refractivity contribution is -0.150. The molecule has 1 fully saturated rings. The highest BCUT2D eigenvalue weighted by molar-refractivity contribution is 6.35. The zero-order valence-corrected chi connectivity index (χ0v) is 17.1. The molecule has 0 spiro atoms. The van der Waals surface area contributed by atoms with E-state index in [1.165, 1.54) is 0 Å². The predicted molar refractivity (Wildman–Crippen MR) is 108 cm³/mol. The van der Waals surface area contributed by atoms with Crippen LogP contribution in [0.1, 0.15) is 45.1 Å². The van der Waals surface area contributed by atoms with Gasteiger partial charge in [0, 0.05) is 41.6 Å². The molecule has 0 unspecified atom stereocenters. The number of para-hydroxylation sites is 1. The normalized spacial score (nSPS) is 20.3. The van der Waals surface area contributed by atoms with E-state index in [0.29, 0.717) is 18.8 Å². The SMILES string of the molecule is C[C@@H]1CN(C(=O)C(=O)NC(C)(C)C)[C@@H](C)CN1C(=O)c1cc2ccccc2[nH]1. The van der Waals surface area contributed by atoms with Crippen molar-refractivity contribution in [2.24, 2.45) is 0 Å². The fraction of sp³-hybridized carbons (Fsp3) is 0.476. The third-order valence-electron chi connectivity index (χ3n) is 4.95. The molecule has 3 amide bonds. The Bertz CT molecular complexity index is 879. The van der Waals surface area contributed by atoms with Gasteiger partial charge in [-0.2, -0.15) is 0 Å².